The van der Waals surface area contributed by atoms with Gasteiger partial charge in [0.25, 0.3) is 0 Å². The highest BCUT2D eigenvalue weighted by Gasteiger charge is 2.20. The molecule has 1 aliphatic carbocycles. The number of nitriles is 1. The lowest BCUT2D eigenvalue weighted by atomic mass is 9.97. The molecule has 0 N–H and O–H groups in total. The van der Waals surface area contributed by atoms with Crippen LogP contribution in [0.25, 0.3) is 61.3 Å². The van der Waals surface area contributed by atoms with Gasteiger partial charge in [-0.15, -0.1) is 0 Å². The summed E-state index contributed by atoms with van der Waals surface area (Å²) in [6, 6.07) is 43.0. The molecule has 0 bridgehead atoms. The van der Waals surface area contributed by atoms with Crippen molar-refractivity contribution in [2.24, 2.45) is 0 Å². The molecule has 5 aromatic carbocycles. The number of rotatable bonds is 3. The Labute approximate surface area is 232 Å². The molecule has 0 atom stereocenters. The predicted molar refractivity (Wildman–Crippen MR) is 165 cm³/mol. The normalized spacial score (nSPS) is 12.7. The summed E-state index contributed by atoms with van der Waals surface area (Å²) in [6.45, 7) is 0. The quantitative estimate of drug-likeness (QED) is 0.233. The van der Waals surface area contributed by atoms with Gasteiger partial charge in [-0.1, -0.05) is 84.9 Å². The fraction of sp³-hybridized carbons (Fsp3) is 0.0541. The van der Waals surface area contributed by atoms with Crippen molar-refractivity contribution < 1.29 is 0 Å². The first-order chi connectivity index (χ1) is 19.8. The minimum atomic E-state index is 0.664. The van der Waals surface area contributed by atoms with Gasteiger partial charge in [-0.25, -0.2) is 0 Å². The van der Waals surface area contributed by atoms with E-state index in [9.17, 15) is 5.26 Å². The molecule has 188 valence electrons. The summed E-state index contributed by atoms with van der Waals surface area (Å²) in [5.74, 6) is 0. The van der Waals surface area contributed by atoms with Gasteiger partial charge in [-0.2, -0.15) is 5.26 Å². The van der Waals surface area contributed by atoms with Crippen molar-refractivity contribution in [3.05, 3.63) is 138 Å². The molecular formula is C37H25N3. The Bertz CT molecular complexity index is 2130. The van der Waals surface area contributed by atoms with Crippen LogP contribution in [-0.4, -0.2) is 9.13 Å². The summed E-state index contributed by atoms with van der Waals surface area (Å²) in [7, 11) is 0. The summed E-state index contributed by atoms with van der Waals surface area (Å²) in [5.41, 5.74) is 10.8. The van der Waals surface area contributed by atoms with Gasteiger partial charge in [0, 0.05) is 38.7 Å². The van der Waals surface area contributed by atoms with Gasteiger partial charge in [-0.05, 0) is 60.9 Å². The third-order valence-electron chi connectivity index (χ3n) is 8.25. The maximum atomic E-state index is 10.4. The first-order valence-electron chi connectivity index (χ1n) is 13.7. The highest BCUT2D eigenvalue weighted by atomic mass is 15.0. The number of para-hydroxylation sites is 4. The van der Waals surface area contributed by atoms with Crippen LogP contribution in [-0.2, 0) is 6.42 Å². The summed E-state index contributed by atoms with van der Waals surface area (Å²) in [4.78, 5) is 0. The summed E-state index contributed by atoms with van der Waals surface area (Å²) in [6.07, 6.45) is 6.58. The maximum absolute atomic E-state index is 10.4. The van der Waals surface area contributed by atoms with Gasteiger partial charge in [0.05, 0.1) is 33.9 Å². The molecule has 0 fully saturated rings. The average molecular weight is 512 g/mol. The highest BCUT2D eigenvalue weighted by molar-refractivity contribution is 6.09. The molecule has 3 nitrogen and oxygen atoms in total. The van der Waals surface area contributed by atoms with Gasteiger partial charge in [0.2, 0.25) is 0 Å². The molecule has 0 unspecified atom stereocenters. The van der Waals surface area contributed by atoms with E-state index in [1.54, 1.807) is 0 Å². The third-order valence-corrected chi connectivity index (χ3v) is 8.25. The van der Waals surface area contributed by atoms with E-state index in [0.717, 1.165) is 46.4 Å². The first kappa shape index (κ1) is 22.6. The van der Waals surface area contributed by atoms with Crippen LogP contribution in [0.5, 0.6) is 0 Å². The van der Waals surface area contributed by atoms with E-state index < -0.39 is 0 Å². The molecule has 7 aromatic rings. The highest BCUT2D eigenvalue weighted by Crippen LogP contribution is 2.39. The Hall–Kier alpha value is -5.33. The molecule has 0 amide bonds. The molecule has 0 saturated carbocycles. The Morgan fingerprint density at radius 1 is 0.600 bits per heavy atom. The second kappa shape index (κ2) is 8.86. The van der Waals surface area contributed by atoms with Crippen LogP contribution < -0.4 is 0 Å². The predicted octanol–water partition coefficient (Wildman–Crippen LogP) is 9.23. The minimum absolute atomic E-state index is 0.664. The van der Waals surface area contributed by atoms with Crippen molar-refractivity contribution in [2.75, 3.05) is 0 Å². The van der Waals surface area contributed by atoms with E-state index in [1.165, 1.54) is 32.9 Å². The molecule has 0 saturated heterocycles. The second-order valence-corrected chi connectivity index (χ2v) is 10.4. The molecule has 2 heterocycles. The fourth-order valence-electron chi connectivity index (χ4n) is 6.54. The van der Waals surface area contributed by atoms with Crippen LogP contribution in [0.1, 0.15) is 23.2 Å². The lowest BCUT2D eigenvalue weighted by Crippen LogP contribution is -2.02. The number of benzene rings is 5. The number of fused-ring (bicyclic) bond motifs is 6. The summed E-state index contributed by atoms with van der Waals surface area (Å²) < 4.78 is 4.64. The monoisotopic (exact) mass is 511 g/mol. The standard InChI is InChI=1S/C37H25N3/c38-24-25-23-26(39-33-16-6-2-12-29(33)30-13-3-7-17-34(30)39)21-22-27(25)28-11-1-8-18-35(28)40-36-19-9-4-14-31(36)32-15-5-10-20-37(32)40/h1-2,4-12,14-23H,3,13H2. The van der Waals surface area contributed by atoms with Crippen LogP contribution in [0.15, 0.2) is 121 Å². The lowest BCUT2D eigenvalue weighted by Gasteiger charge is -2.17. The number of hydrogen-bond donors (Lipinski definition) is 0. The smallest absolute Gasteiger partial charge is 0.0998 e. The number of hydrogen-bond acceptors (Lipinski definition) is 1. The van der Waals surface area contributed by atoms with E-state index in [-0.39, 0.29) is 0 Å². The van der Waals surface area contributed by atoms with Crippen molar-refractivity contribution in [3.63, 3.8) is 0 Å². The third kappa shape index (κ3) is 3.23. The van der Waals surface area contributed by atoms with Gasteiger partial charge < -0.3 is 9.13 Å². The molecule has 0 spiro atoms. The van der Waals surface area contributed by atoms with Gasteiger partial charge >= 0.3 is 0 Å². The molecule has 8 rings (SSSR count). The van der Waals surface area contributed by atoms with E-state index in [0.29, 0.717) is 5.56 Å². The molecular weight excluding hydrogens is 486 g/mol. The zero-order valence-electron chi connectivity index (χ0n) is 21.9. The van der Waals surface area contributed by atoms with E-state index in [2.05, 4.69) is 137 Å². The van der Waals surface area contributed by atoms with Crippen LogP contribution in [0, 0.1) is 11.3 Å². The molecule has 40 heavy (non-hydrogen) atoms. The molecule has 1 aliphatic rings. The molecule has 2 aromatic heterocycles. The van der Waals surface area contributed by atoms with E-state index >= 15 is 0 Å². The van der Waals surface area contributed by atoms with Crippen molar-refractivity contribution in [2.45, 2.75) is 12.8 Å². The van der Waals surface area contributed by atoms with Crippen molar-refractivity contribution >= 4 is 38.8 Å². The molecule has 3 heteroatoms. The van der Waals surface area contributed by atoms with Gasteiger partial charge in [0.15, 0.2) is 0 Å². The molecule has 0 aliphatic heterocycles. The van der Waals surface area contributed by atoms with Crippen LogP contribution >= 0.6 is 0 Å². The minimum Gasteiger partial charge on any atom is -0.310 e. The average Bonchev–Trinajstić information content (AvgIpc) is 3.54. The zero-order chi connectivity index (χ0) is 26.6. The van der Waals surface area contributed by atoms with Crippen molar-refractivity contribution in [3.8, 4) is 28.6 Å². The second-order valence-electron chi connectivity index (χ2n) is 10.4. The fourth-order valence-corrected chi connectivity index (χ4v) is 6.54. The number of allylic oxidation sites excluding steroid dienone is 1. The van der Waals surface area contributed by atoms with Crippen molar-refractivity contribution in [1.82, 2.24) is 9.13 Å². The Morgan fingerprint density at radius 3 is 1.95 bits per heavy atom. The van der Waals surface area contributed by atoms with Crippen LogP contribution in [0.2, 0.25) is 0 Å². The SMILES string of the molecule is N#Cc1cc(-n2c3c(c4ccccc42)CCC=C3)ccc1-c1ccccc1-n1c2ccccc2c2ccccc21. The maximum Gasteiger partial charge on any atom is 0.0998 e. The molecule has 0 radical (unpaired) electrons. The summed E-state index contributed by atoms with van der Waals surface area (Å²) in [5, 5.41) is 14.2. The zero-order valence-corrected chi connectivity index (χ0v) is 21.9. The van der Waals surface area contributed by atoms with Gasteiger partial charge in [0.1, 0.15) is 0 Å². The van der Waals surface area contributed by atoms with Crippen LogP contribution in [0.4, 0.5) is 0 Å². The summed E-state index contributed by atoms with van der Waals surface area (Å²) >= 11 is 0. The van der Waals surface area contributed by atoms with Gasteiger partial charge in [-0.3, -0.25) is 0 Å². The van der Waals surface area contributed by atoms with E-state index in [1.807, 2.05) is 6.07 Å². The largest absolute Gasteiger partial charge is 0.310 e. The Kier molecular flexibility index (Phi) is 5.02. The van der Waals surface area contributed by atoms with E-state index in [4.69, 9.17) is 0 Å². The number of aryl methyl sites for hydroxylation is 1. The number of aromatic nitrogens is 2. The first-order valence-corrected chi connectivity index (χ1v) is 13.7. The Morgan fingerprint density at radius 2 is 1.23 bits per heavy atom. The topological polar surface area (TPSA) is 33.6 Å². The van der Waals surface area contributed by atoms with Crippen molar-refractivity contribution in [1.29, 1.82) is 5.26 Å². The van der Waals surface area contributed by atoms with Crippen LogP contribution in [0.3, 0.4) is 0 Å². The number of nitrogens with zero attached hydrogens (tertiary/aromatic N) is 3. The lowest BCUT2D eigenvalue weighted by molar-refractivity contribution is 0.967. The Balaban J connectivity index is 1.36.